The normalized spacial score (nSPS) is 14.9. The van der Waals surface area contributed by atoms with Crippen LogP contribution < -0.4 is 5.32 Å². The second kappa shape index (κ2) is 6.55. The molecule has 0 atom stereocenters. The number of halogens is 1. The number of amides is 2. The molecular weight excluding hydrogens is 337 g/mol. The van der Waals surface area contributed by atoms with Crippen LogP contribution in [-0.2, 0) is 4.74 Å². The zero-order chi connectivity index (χ0) is 19.1. The number of likely N-dealkylation sites (tertiary alicyclic amines) is 1. The van der Waals surface area contributed by atoms with Crippen molar-refractivity contribution >= 4 is 22.9 Å². The maximum Gasteiger partial charge on any atom is 0.410 e. The summed E-state index contributed by atoms with van der Waals surface area (Å²) in [6.45, 7) is 7.99. The molecule has 26 heavy (non-hydrogen) atoms. The van der Waals surface area contributed by atoms with E-state index < -0.39 is 11.4 Å². The number of nitrogens with one attached hydrogen (secondary N) is 1. The molecular formula is C19H22FN3O3. The van der Waals surface area contributed by atoms with E-state index in [0.717, 1.165) is 0 Å². The molecule has 3 rings (SSSR count). The predicted octanol–water partition coefficient (Wildman–Crippen LogP) is 3.03. The monoisotopic (exact) mass is 359 g/mol. The van der Waals surface area contributed by atoms with E-state index in [4.69, 9.17) is 4.74 Å². The van der Waals surface area contributed by atoms with E-state index in [1.165, 1.54) is 12.1 Å². The quantitative estimate of drug-likeness (QED) is 0.895. The van der Waals surface area contributed by atoms with Crippen LogP contribution in [0.4, 0.5) is 9.18 Å². The van der Waals surface area contributed by atoms with Crippen molar-refractivity contribution in [2.75, 3.05) is 13.1 Å². The van der Waals surface area contributed by atoms with Crippen molar-refractivity contribution in [2.45, 2.75) is 39.3 Å². The van der Waals surface area contributed by atoms with Crippen molar-refractivity contribution in [1.29, 1.82) is 0 Å². The lowest BCUT2D eigenvalue weighted by Crippen LogP contribution is -2.61. The molecule has 1 aromatic carbocycles. The summed E-state index contributed by atoms with van der Waals surface area (Å²) in [4.78, 5) is 30.4. The fourth-order valence-electron chi connectivity index (χ4n) is 2.83. The van der Waals surface area contributed by atoms with Crippen molar-refractivity contribution in [1.82, 2.24) is 15.2 Å². The highest BCUT2D eigenvalue weighted by Crippen LogP contribution is 2.21. The first-order chi connectivity index (χ1) is 12.1. The molecule has 0 saturated carbocycles. The number of rotatable bonds is 2. The van der Waals surface area contributed by atoms with Gasteiger partial charge in [-0.25, -0.2) is 9.18 Å². The maximum atomic E-state index is 13.4. The molecule has 1 N–H and O–H groups in total. The molecule has 2 heterocycles. The third-order valence-corrected chi connectivity index (χ3v) is 4.01. The van der Waals surface area contributed by atoms with Crippen molar-refractivity contribution in [3.63, 3.8) is 0 Å². The van der Waals surface area contributed by atoms with Crippen molar-refractivity contribution < 1.29 is 18.7 Å². The SMILES string of the molecule is Cc1cc(C(=O)NC2CN(C(=O)OC(C)(C)C)C2)c2ccc(F)cc2n1. The largest absolute Gasteiger partial charge is 0.444 e. The molecule has 0 bridgehead atoms. The highest BCUT2D eigenvalue weighted by molar-refractivity contribution is 6.06. The number of hydrogen-bond acceptors (Lipinski definition) is 4. The molecule has 1 fully saturated rings. The van der Waals surface area contributed by atoms with E-state index in [1.807, 2.05) is 20.8 Å². The number of nitrogens with zero attached hydrogens (tertiary/aromatic N) is 2. The van der Waals surface area contributed by atoms with Crippen LogP contribution in [0.25, 0.3) is 10.9 Å². The van der Waals surface area contributed by atoms with Crippen LogP contribution in [0.5, 0.6) is 0 Å². The molecule has 7 heteroatoms. The number of carbonyl (C=O) groups is 2. The molecule has 0 aliphatic carbocycles. The highest BCUT2D eigenvalue weighted by atomic mass is 19.1. The molecule has 2 amide bonds. The van der Waals surface area contributed by atoms with Crippen LogP contribution >= 0.6 is 0 Å². The first-order valence-corrected chi connectivity index (χ1v) is 8.48. The number of fused-ring (bicyclic) bond motifs is 1. The summed E-state index contributed by atoms with van der Waals surface area (Å²) in [6.07, 6.45) is -0.385. The fourth-order valence-corrected chi connectivity index (χ4v) is 2.83. The number of hydrogen-bond donors (Lipinski definition) is 1. The summed E-state index contributed by atoms with van der Waals surface area (Å²) in [5, 5.41) is 3.50. The lowest BCUT2D eigenvalue weighted by Gasteiger charge is -2.40. The molecule has 0 spiro atoms. The van der Waals surface area contributed by atoms with Gasteiger partial charge in [-0.3, -0.25) is 9.78 Å². The molecule has 0 unspecified atom stereocenters. The minimum Gasteiger partial charge on any atom is -0.444 e. The molecule has 1 aliphatic heterocycles. The summed E-state index contributed by atoms with van der Waals surface area (Å²) in [5.41, 5.74) is 0.980. The minimum atomic E-state index is -0.547. The summed E-state index contributed by atoms with van der Waals surface area (Å²) in [7, 11) is 0. The van der Waals surface area contributed by atoms with Gasteiger partial charge in [-0.05, 0) is 45.9 Å². The Balaban J connectivity index is 1.67. The Bertz CT molecular complexity index is 865. The third-order valence-electron chi connectivity index (χ3n) is 4.01. The van der Waals surface area contributed by atoms with Gasteiger partial charge in [0.25, 0.3) is 5.91 Å². The predicted molar refractivity (Wildman–Crippen MR) is 95.5 cm³/mol. The lowest BCUT2D eigenvalue weighted by molar-refractivity contribution is 0.00534. The van der Waals surface area contributed by atoms with Gasteiger partial charge in [-0.15, -0.1) is 0 Å². The average molecular weight is 359 g/mol. The van der Waals surface area contributed by atoms with E-state index in [2.05, 4.69) is 10.3 Å². The number of pyridine rings is 1. The Morgan fingerprint density at radius 1 is 1.27 bits per heavy atom. The summed E-state index contributed by atoms with van der Waals surface area (Å²) >= 11 is 0. The summed E-state index contributed by atoms with van der Waals surface area (Å²) in [6, 6.07) is 5.72. The molecule has 6 nitrogen and oxygen atoms in total. The van der Waals surface area contributed by atoms with E-state index in [-0.39, 0.29) is 18.0 Å². The second-order valence-corrected chi connectivity index (χ2v) is 7.53. The lowest BCUT2D eigenvalue weighted by atomic mass is 10.0. The Hall–Kier alpha value is -2.70. The van der Waals surface area contributed by atoms with Crippen LogP contribution in [0, 0.1) is 12.7 Å². The van der Waals surface area contributed by atoms with Gasteiger partial charge in [0.15, 0.2) is 0 Å². The van der Waals surface area contributed by atoms with Gasteiger partial charge in [-0.2, -0.15) is 0 Å². The standard InChI is InChI=1S/C19H22FN3O3/c1-11-7-15(14-6-5-12(20)8-16(14)21-11)17(24)22-13-9-23(10-13)18(25)26-19(2,3)4/h5-8,13H,9-10H2,1-4H3,(H,22,24). The van der Waals surface area contributed by atoms with E-state index in [9.17, 15) is 14.0 Å². The molecule has 138 valence electrons. The Morgan fingerprint density at radius 3 is 2.62 bits per heavy atom. The third kappa shape index (κ3) is 3.92. The van der Waals surface area contributed by atoms with Gasteiger partial charge in [0.1, 0.15) is 11.4 Å². The smallest absolute Gasteiger partial charge is 0.410 e. The van der Waals surface area contributed by atoms with Crippen molar-refractivity contribution in [3.8, 4) is 0 Å². The van der Waals surface area contributed by atoms with Crippen molar-refractivity contribution in [2.24, 2.45) is 0 Å². The molecule has 2 aromatic rings. The first kappa shape index (κ1) is 18.1. The van der Waals surface area contributed by atoms with Crippen LogP contribution in [0.1, 0.15) is 36.8 Å². The van der Waals surface area contributed by atoms with Gasteiger partial charge in [-0.1, -0.05) is 0 Å². The Morgan fingerprint density at radius 2 is 1.96 bits per heavy atom. The van der Waals surface area contributed by atoms with Gasteiger partial charge >= 0.3 is 6.09 Å². The van der Waals surface area contributed by atoms with Crippen molar-refractivity contribution in [3.05, 3.63) is 41.3 Å². The maximum absolute atomic E-state index is 13.4. The molecule has 1 aromatic heterocycles. The van der Waals surface area contributed by atoms with Gasteiger partial charge in [0.05, 0.1) is 17.1 Å². The second-order valence-electron chi connectivity index (χ2n) is 7.53. The number of carbonyl (C=O) groups excluding carboxylic acids is 2. The number of ether oxygens (including phenoxy) is 1. The minimum absolute atomic E-state index is 0.140. The van der Waals surface area contributed by atoms with Gasteiger partial charge < -0.3 is 15.0 Å². The van der Waals surface area contributed by atoms with Crippen LogP contribution in [-0.4, -0.2) is 46.6 Å². The first-order valence-electron chi connectivity index (χ1n) is 8.48. The molecule has 1 saturated heterocycles. The average Bonchev–Trinajstić information content (AvgIpc) is 2.46. The summed E-state index contributed by atoms with van der Waals surface area (Å²) < 4.78 is 18.7. The van der Waals surface area contributed by atoms with Crippen LogP contribution in [0.3, 0.4) is 0 Å². The fraction of sp³-hybridized carbons (Fsp3) is 0.421. The Kier molecular flexibility index (Phi) is 4.56. The summed E-state index contributed by atoms with van der Waals surface area (Å²) in [5.74, 6) is -0.657. The highest BCUT2D eigenvalue weighted by Gasteiger charge is 2.34. The molecule has 0 radical (unpaired) electrons. The van der Waals surface area contributed by atoms with E-state index in [1.54, 1.807) is 24.0 Å². The number of benzene rings is 1. The zero-order valence-electron chi connectivity index (χ0n) is 15.3. The van der Waals surface area contributed by atoms with Gasteiger partial charge in [0.2, 0.25) is 0 Å². The molecule has 1 aliphatic rings. The number of aromatic nitrogens is 1. The Labute approximate surface area is 151 Å². The topological polar surface area (TPSA) is 71.5 Å². The van der Waals surface area contributed by atoms with Crippen LogP contribution in [0.2, 0.25) is 0 Å². The van der Waals surface area contributed by atoms with Crippen LogP contribution in [0.15, 0.2) is 24.3 Å². The van der Waals surface area contributed by atoms with E-state index in [0.29, 0.717) is 35.2 Å². The number of aryl methyl sites for hydroxylation is 1. The van der Waals surface area contributed by atoms with Gasteiger partial charge in [0, 0.05) is 30.2 Å². The van der Waals surface area contributed by atoms with E-state index >= 15 is 0 Å². The zero-order valence-corrected chi connectivity index (χ0v) is 15.3.